The highest BCUT2D eigenvalue weighted by atomic mass is 35.5. The zero-order valence-electron chi connectivity index (χ0n) is 14.1. The Kier molecular flexibility index (Phi) is 11.9. The molecule has 4 heteroatoms. The van der Waals surface area contributed by atoms with Crippen LogP contribution in [0, 0.1) is 0 Å². The summed E-state index contributed by atoms with van der Waals surface area (Å²) in [4.78, 5) is 0. The summed E-state index contributed by atoms with van der Waals surface area (Å²) >= 11 is 11.0. The van der Waals surface area contributed by atoms with E-state index in [1.165, 1.54) is 5.57 Å². The largest absolute Gasteiger partial charge is 0.489 e. The fraction of sp³-hybridized carbons (Fsp3) is 0.263. The van der Waals surface area contributed by atoms with Crippen LogP contribution in [0.5, 0.6) is 11.5 Å². The van der Waals surface area contributed by atoms with Crippen LogP contribution in [0.4, 0.5) is 0 Å². The van der Waals surface area contributed by atoms with Gasteiger partial charge in [-0.15, -0.1) is 0 Å². The zero-order valence-corrected chi connectivity index (χ0v) is 15.6. The van der Waals surface area contributed by atoms with Crippen LogP contribution in [0.1, 0.15) is 27.7 Å². The third-order valence-corrected chi connectivity index (χ3v) is 2.64. The average molecular weight is 355 g/mol. The number of benzene rings is 1. The van der Waals surface area contributed by atoms with Crippen molar-refractivity contribution in [1.82, 2.24) is 0 Å². The maximum atomic E-state index is 5.70. The number of hydrogen-bond donors (Lipinski definition) is 0. The Labute approximate surface area is 149 Å². The monoisotopic (exact) mass is 354 g/mol. The molecular weight excluding hydrogens is 331 g/mol. The van der Waals surface area contributed by atoms with E-state index in [0.29, 0.717) is 23.9 Å². The van der Waals surface area contributed by atoms with Crippen molar-refractivity contribution in [3.8, 4) is 11.5 Å². The van der Waals surface area contributed by atoms with E-state index in [-0.39, 0.29) is 4.49 Å². The van der Waals surface area contributed by atoms with Crippen LogP contribution in [0.25, 0.3) is 0 Å². The topological polar surface area (TPSA) is 18.5 Å². The lowest BCUT2D eigenvalue weighted by atomic mass is 10.3. The number of ether oxygens (including phenoxy) is 2. The van der Waals surface area contributed by atoms with Gasteiger partial charge in [0, 0.05) is 0 Å². The van der Waals surface area contributed by atoms with E-state index >= 15 is 0 Å². The Hall–Kier alpha value is -1.64. The summed E-state index contributed by atoms with van der Waals surface area (Å²) in [5, 5.41) is 0. The second kappa shape index (κ2) is 12.9. The van der Waals surface area contributed by atoms with E-state index < -0.39 is 0 Å². The third kappa shape index (κ3) is 10.7. The number of rotatable bonds is 7. The molecule has 0 aliphatic carbocycles. The summed E-state index contributed by atoms with van der Waals surface area (Å²) in [6.07, 6.45) is 7.08. The number of allylic oxidation sites excluding steroid dienone is 4. The Balaban J connectivity index is 0.00000232. The molecule has 126 valence electrons. The molecule has 0 bridgehead atoms. The van der Waals surface area contributed by atoms with Gasteiger partial charge in [-0.3, -0.25) is 0 Å². The van der Waals surface area contributed by atoms with Crippen molar-refractivity contribution in [2.45, 2.75) is 27.7 Å². The van der Waals surface area contributed by atoms with Gasteiger partial charge in [0.25, 0.3) is 0 Å². The van der Waals surface area contributed by atoms with Crippen molar-refractivity contribution < 1.29 is 9.47 Å². The van der Waals surface area contributed by atoms with E-state index in [1.807, 2.05) is 64.1 Å². The van der Waals surface area contributed by atoms with E-state index in [0.717, 1.165) is 0 Å². The van der Waals surface area contributed by atoms with Crippen molar-refractivity contribution in [1.29, 1.82) is 0 Å². The summed E-state index contributed by atoms with van der Waals surface area (Å²) in [6.45, 7) is 12.1. The van der Waals surface area contributed by atoms with Crippen LogP contribution in [0.3, 0.4) is 0 Å². The van der Waals surface area contributed by atoms with Crippen molar-refractivity contribution in [3.63, 3.8) is 0 Å². The van der Waals surface area contributed by atoms with E-state index in [4.69, 9.17) is 32.7 Å². The predicted molar refractivity (Wildman–Crippen MR) is 101 cm³/mol. The Morgan fingerprint density at radius 2 is 1.61 bits per heavy atom. The summed E-state index contributed by atoms with van der Waals surface area (Å²) in [6, 6.07) is 7.27. The number of hydrogen-bond acceptors (Lipinski definition) is 2. The lowest BCUT2D eigenvalue weighted by Crippen LogP contribution is -1.94. The number of halogens is 2. The Bertz CT molecular complexity index is 547. The molecule has 0 saturated heterocycles. The zero-order chi connectivity index (χ0) is 17.7. The molecule has 1 rings (SSSR count). The molecule has 0 amide bonds. The van der Waals surface area contributed by atoms with Gasteiger partial charge in [0.1, 0.15) is 28.4 Å². The molecule has 0 fully saturated rings. The van der Waals surface area contributed by atoms with Gasteiger partial charge in [-0.25, -0.2) is 0 Å². The highest BCUT2D eigenvalue weighted by molar-refractivity contribution is 6.55. The Morgan fingerprint density at radius 3 is 2.09 bits per heavy atom. The van der Waals surface area contributed by atoms with Crippen LogP contribution in [-0.2, 0) is 0 Å². The van der Waals surface area contributed by atoms with Crippen LogP contribution in [0.2, 0.25) is 0 Å². The van der Waals surface area contributed by atoms with Crippen molar-refractivity contribution in [2.24, 2.45) is 0 Å². The molecule has 0 N–H and O–H groups in total. The molecular formula is C19H24Cl2O2. The molecule has 0 spiro atoms. The van der Waals surface area contributed by atoms with Crippen molar-refractivity contribution >= 4 is 23.2 Å². The molecule has 2 nitrogen and oxygen atoms in total. The third-order valence-electron chi connectivity index (χ3n) is 2.33. The van der Waals surface area contributed by atoms with E-state index in [9.17, 15) is 0 Å². The molecule has 23 heavy (non-hydrogen) atoms. The second-order valence-electron chi connectivity index (χ2n) is 4.40. The summed E-state index contributed by atoms with van der Waals surface area (Å²) < 4.78 is 11.3. The quantitative estimate of drug-likeness (QED) is 0.394. The normalized spacial score (nSPS) is 9.91. The molecule has 1 aromatic carbocycles. The van der Waals surface area contributed by atoms with E-state index in [2.05, 4.69) is 6.58 Å². The molecule has 0 unspecified atom stereocenters. The Morgan fingerprint density at radius 1 is 1.04 bits per heavy atom. The molecule has 0 heterocycles. The summed E-state index contributed by atoms with van der Waals surface area (Å²) in [5.41, 5.74) is 1.19. The molecule has 0 aliphatic rings. The first-order valence-corrected chi connectivity index (χ1v) is 8.16. The molecule has 0 atom stereocenters. The standard InChI is InChI=1S/C17H18Cl2O2.C2H6/c1-4-14(6-5-13(2)3)21-16-9-7-15(8-10-16)20-12-11-17(18)19;1-2/h4-11H,1,12H2,2-3H3;1-2H3/b14-6+;. The van der Waals surface area contributed by atoms with Gasteiger partial charge in [-0.1, -0.05) is 55.3 Å². The lowest BCUT2D eigenvalue weighted by Gasteiger charge is -2.07. The molecule has 1 aromatic rings. The average Bonchev–Trinajstić information content (AvgIpc) is 2.54. The fourth-order valence-electron chi connectivity index (χ4n) is 1.33. The maximum absolute atomic E-state index is 5.70. The van der Waals surface area contributed by atoms with Gasteiger partial charge < -0.3 is 9.47 Å². The van der Waals surface area contributed by atoms with Crippen molar-refractivity contribution in [2.75, 3.05) is 6.61 Å². The van der Waals surface area contributed by atoms with Crippen LogP contribution >= 0.6 is 23.2 Å². The van der Waals surface area contributed by atoms with Gasteiger partial charge in [0.2, 0.25) is 0 Å². The molecule has 0 radical (unpaired) electrons. The van der Waals surface area contributed by atoms with Gasteiger partial charge in [-0.05, 0) is 56.3 Å². The first-order valence-electron chi connectivity index (χ1n) is 7.40. The van der Waals surface area contributed by atoms with Gasteiger partial charge >= 0.3 is 0 Å². The molecule has 0 saturated carbocycles. The first kappa shape index (κ1) is 21.4. The maximum Gasteiger partial charge on any atom is 0.127 e. The molecule has 0 aliphatic heterocycles. The van der Waals surface area contributed by atoms with Crippen LogP contribution in [0.15, 0.2) is 71.0 Å². The molecule has 0 aromatic heterocycles. The SMILES string of the molecule is C=C/C(=C\C=C(C)C)Oc1ccc(OCC=C(Cl)Cl)cc1.CC. The van der Waals surface area contributed by atoms with Gasteiger partial charge in [0.05, 0.1) is 0 Å². The second-order valence-corrected chi connectivity index (χ2v) is 5.40. The van der Waals surface area contributed by atoms with Crippen molar-refractivity contribution in [3.05, 3.63) is 71.0 Å². The first-order chi connectivity index (χ1) is 11.0. The minimum atomic E-state index is 0.190. The van der Waals surface area contributed by atoms with Gasteiger partial charge in [-0.2, -0.15) is 0 Å². The smallest absolute Gasteiger partial charge is 0.127 e. The van der Waals surface area contributed by atoms with E-state index in [1.54, 1.807) is 12.2 Å². The predicted octanol–water partition coefficient (Wildman–Crippen LogP) is 6.83. The lowest BCUT2D eigenvalue weighted by molar-refractivity contribution is 0.361. The summed E-state index contributed by atoms with van der Waals surface area (Å²) in [7, 11) is 0. The minimum Gasteiger partial charge on any atom is -0.489 e. The highest BCUT2D eigenvalue weighted by Gasteiger charge is 1.98. The van der Waals surface area contributed by atoms with Crippen LogP contribution < -0.4 is 9.47 Å². The summed E-state index contributed by atoms with van der Waals surface area (Å²) in [5.74, 6) is 2.10. The van der Waals surface area contributed by atoms with Gasteiger partial charge in [0.15, 0.2) is 0 Å². The minimum absolute atomic E-state index is 0.190. The highest BCUT2D eigenvalue weighted by Crippen LogP contribution is 2.20. The van der Waals surface area contributed by atoms with Crippen LogP contribution in [-0.4, -0.2) is 6.61 Å². The fourth-order valence-corrected chi connectivity index (χ4v) is 1.46.